The van der Waals surface area contributed by atoms with Gasteiger partial charge in [-0.15, -0.1) is 11.3 Å². The lowest BCUT2D eigenvalue weighted by Crippen LogP contribution is -2.74. The molecule has 0 spiro atoms. The Morgan fingerprint density at radius 3 is 1.53 bits per heavy atom. The highest BCUT2D eigenvalue weighted by Gasteiger charge is 2.41. The van der Waals surface area contributed by atoms with Crippen molar-refractivity contribution in [3.63, 3.8) is 0 Å². The van der Waals surface area contributed by atoms with E-state index in [2.05, 4.69) is 252 Å². The minimum Gasteiger partial charge on any atom is -0.307 e. The summed E-state index contributed by atoms with van der Waals surface area (Å²) in [6, 6.07) is 90.4. The van der Waals surface area contributed by atoms with Crippen LogP contribution in [0.25, 0.3) is 86.3 Å². The van der Waals surface area contributed by atoms with E-state index in [-0.39, 0.29) is 0 Å². The highest BCUT2D eigenvalue weighted by atomic mass is 32.1. The molecule has 0 saturated carbocycles. The number of aromatic nitrogens is 2. The van der Waals surface area contributed by atoms with Crippen LogP contribution in [0, 0.1) is 0 Å². The van der Waals surface area contributed by atoms with E-state index in [4.69, 9.17) is 0 Å². The largest absolute Gasteiger partial charge is 0.307 e. The van der Waals surface area contributed by atoms with Crippen LogP contribution in [-0.2, 0) is 0 Å². The van der Waals surface area contributed by atoms with Gasteiger partial charge in [-0.3, -0.25) is 0 Å². The Labute approximate surface area is 376 Å². The normalized spacial score (nSPS) is 12.1. The van der Waals surface area contributed by atoms with E-state index in [0.29, 0.717) is 0 Å². The standard InChI is InChI=1S/C60H40N2SSi/c1-4-18-43(19-5-1)64(44-20-6-2-7-21-44,45-22-8-3-9-23-45)46-37-35-42(36-38-46)61-53-29-13-10-24-48(53)51-28-17-32-56(60(51)61)62-54-30-14-11-26-52(54)59-47(27-16-31-55(59)62)41-34-39-50-49-25-12-15-33-57(49)63-58(50)40-41/h1-40H. The fourth-order valence-corrected chi connectivity index (χ4v) is 16.7. The predicted octanol–water partition coefficient (Wildman–Crippen LogP) is 13.3. The predicted molar refractivity (Wildman–Crippen MR) is 277 cm³/mol. The molecule has 0 unspecified atom stereocenters. The van der Waals surface area contributed by atoms with Gasteiger partial charge in [0.2, 0.25) is 0 Å². The zero-order valence-electron chi connectivity index (χ0n) is 34.9. The van der Waals surface area contributed by atoms with Crippen molar-refractivity contribution in [2.45, 2.75) is 0 Å². The Bertz CT molecular complexity index is 3790. The molecule has 0 atom stereocenters. The first kappa shape index (κ1) is 36.9. The molecule has 3 heterocycles. The molecule has 2 nitrogen and oxygen atoms in total. The van der Waals surface area contributed by atoms with Crippen LogP contribution >= 0.6 is 11.3 Å². The van der Waals surface area contributed by atoms with E-state index in [1.165, 1.54) is 95.7 Å². The zero-order chi connectivity index (χ0) is 42.2. The molecule has 0 bridgehead atoms. The van der Waals surface area contributed by atoms with Crippen LogP contribution < -0.4 is 20.7 Å². The average molecular weight is 849 g/mol. The third-order valence-corrected chi connectivity index (χ3v) is 19.4. The Morgan fingerprint density at radius 2 is 0.844 bits per heavy atom. The number of benzene rings is 10. The van der Waals surface area contributed by atoms with Gasteiger partial charge < -0.3 is 9.13 Å². The fraction of sp³-hybridized carbons (Fsp3) is 0. The van der Waals surface area contributed by atoms with Gasteiger partial charge in [-0.1, -0.05) is 194 Å². The number of rotatable bonds is 7. The Kier molecular flexibility index (Phi) is 8.45. The number of fused-ring (bicyclic) bond motifs is 9. The summed E-state index contributed by atoms with van der Waals surface area (Å²) in [5.74, 6) is 0. The Morgan fingerprint density at radius 1 is 0.328 bits per heavy atom. The number of hydrogen-bond acceptors (Lipinski definition) is 1. The molecule has 0 amide bonds. The lowest BCUT2D eigenvalue weighted by molar-refractivity contribution is 1.13. The second kappa shape index (κ2) is 14.7. The average Bonchev–Trinajstić information content (AvgIpc) is 4.03. The molecule has 64 heavy (non-hydrogen) atoms. The number of hydrogen-bond donors (Lipinski definition) is 0. The highest BCUT2D eigenvalue weighted by Crippen LogP contribution is 2.43. The van der Waals surface area contributed by atoms with E-state index in [1.807, 2.05) is 11.3 Å². The van der Waals surface area contributed by atoms with Gasteiger partial charge in [0.15, 0.2) is 8.07 Å². The van der Waals surface area contributed by atoms with Gasteiger partial charge >= 0.3 is 0 Å². The maximum atomic E-state index is 2.51. The van der Waals surface area contributed by atoms with Crippen molar-refractivity contribution in [1.82, 2.24) is 9.13 Å². The smallest absolute Gasteiger partial charge is 0.179 e. The highest BCUT2D eigenvalue weighted by molar-refractivity contribution is 7.25. The molecule has 300 valence electrons. The second-order valence-corrected chi connectivity index (χ2v) is 21.7. The third-order valence-electron chi connectivity index (χ3n) is 13.5. The minimum absolute atomic E-state index is 1.14. The summed E-state index contributed by atoms with van der Waals surface area (Å²) in [4.78, 5) is 0. The summed E-state index contributed by atoms with van der Waals surface area (Å²) in [5, 5.41) is 13.1. The van der Waals surface area contributed by atoms with Crippen LogP contribution in [0.5, 0.6) is 0 Å². The molecule has 0 saturated heterocycles. The van der Waals surface area contributed by atoms with E-state index >= 15 is 0 Å². The van der Waals surface area contributed by atoms with Crippen LogP contribution in [0.3, 0.4) is 0 Å². The first-order valence-electron chi connectivity index (χ1n) is 22.0. The number of thiophene rings is 1. The molecule has 3 aromatic heterocycles. The molecule has 0 aliphatic heterocycles. The molecule has 0 aliphatic rings. The van der Waals surface area contributed by atoms with Gasteiger partial charge in [-0.05, 0) is 80.4 Å². The molecule has 0 N–H and O–H groups in total. The molecule has 0 fully saturated rings. The lowest BCUT2D eigenvalue weighted by Gasteiger charge is -2.34. The van der Waals surface area contributed by atoms with Crippen molar-refractivity contribution >= 4 is 104 Å². The van der Waals surface area contributed by atoms with Gasteiger partial charge in [0.1, 0.15) is 0 Å². The summed E-state index contributed by atoms with van der Waals surface area (Å²) >= 11 is 1.88. The van der Waals surface area contributed by atoms with Gasteiger partial charge in [-0.2, -0.15) is 0 Å². The van der Waals surface area contributed by atoms with Crippen LogP contribution in [-0.4, -0.2) is 17.2 Å². The Hall–Kier alpha value is -7.76. The SMILES string of the molecule is c1ccc([Si](c2ccccc2)(c2ccccc2)c2ccc(-n3c4ccccc4c4cccc(-n5c6ccccc6c6c(-c7ccc8c(c7)sc7ccccc78)cccc65)c43)cc2)cc1. The van der Waals surface area contributed by atoms with Gasteiger partial charge in [-0.25, -0.2) is 0 Å². The van der Waals surface area contributed by atoms with Crippen LogP contribution in [0.4, 0.5) is 0 Å². The second-order valence-electron chi connectivity index (χ2n) is 16.8. The van der Waals surface area contributed by atoms with Crippen molar-refractivity contribution in [3.05, 3.63) is 243 Å². The molecule has 10 aromatic carbocycles. The van der Waals surface area contributed by atoms with Crippen LogP contribution in [0.15, 0.2) is 243 Å². The quantitative estimate of drug-likeness (QED) is 0.112. The minimum atomic E-state index is -2.70. The number of nitrogens with zero attached hydrogens (tertiary/aromatic N) is 2. The fourth-order valence-electron chi connectivity index (χ4n) is 10.8. The number of para-hydroxylation sites is 3. The Balaban J connectivity index is 1.05. The monoisotopic (exact) mass is 848 g/mol. The first-order valence-corrected chi connectivity index (χ1v) is 24.8. The van der Waals surface area contributed by atoms with E-state index in [0.717, 1.165) is 11.4 Å². The summed E-state index contributed by atoms with van der Waals surface area (Å²) < 4.78 is 7.65. The van der Waals surface area contributed by atoms with Crippen molar-refractivity contribution in [2.75, 3.05) is 0 Å². The van der Waals surface area contributed by atoms with Crippen molar-refractivity contribution in [1.29, 1.82) is 0 Å². The molecular weight excluding hydrogens is 809 g/mol. The van der Waals surface area contributed by atoms with E-state index < -0.39 is 8.07 Å². The maximum Gasteiger partial charge on any atom is 0.179 e. The maximum absolute atomic E-state index is 2.70. The van der Waals surface area contributed by atoms with Gasteiger partial charge in [0, 0.05) is 47.4 Å². The van der Waals surface area contributed by atoms with Gasteiger partial charge in [0.25, 0.3) is 0 Å². The topological polar surface area (TPSA) is 9.86 Å². The summed E-state index contributed by atoms with van der Waals surface area (Å²) in [6.07, 6.45) is 0. The molecule has 4 heteroatoms. The molecule has 13 aromatic rings. The molecular formula is C60H40N2SSi. The van der Waals surface area contributed by atoms with Crippen molar-refractivity contribution in [2.24, 2.45) is 0 Å². The molecule has 0 radical (unpaired) electrons. The molecule has 13 rings (SSSR count). The first-order chi connectivity index (χ1) is 31.8. The summed E-state index contributed by atoms with van der Waals surface area (Å²) in [7, 11) is -2.70. The summed E-state index contributed by atoms with van der Waals surface area (Å²) in [6.45, 7) is 0. The van der Waals surface area contributed by atoms with Crippen LogP contribution in [0.2, 0.25) is 0 Å². The lowest BCUT2D eigenvalue weighted by atomic mass is 9.98. The zero-order valence-corrected chi connectivity index (χ0v) is 36.7. The third kappa shape index (κ3) is 5.43. The summed E-state index contributed by atoms with van der Waals surface area (Å²) in [5.41, 5.74) is 9.54. The van der Waals surface area contributed by atoms with Crippen molar-refractivity contribution < 1.29 is 0 Å². The van der Waals surface area contributed by atoms with E-state index in [9.17, 15) is 0 Å². The van der Waals surface area contributed by atoms with Crippen LogP contribution in [0.1, 0.15) is 0 Å². The molecule has 0 aliphatic carbocycles. The van der Waals surface area contributed by atoms with Gasteiger partial charge in [0.05, 0.1) is 27.8 Å². The van der Waals surface area contributed by atoms with E-state index in [1.54, 1.807) is 0 Å². The van der Waals surface area contributed by atoms with Crippen molar-refractivity contribution in [3.8, 4) is 22.5 Å².